The number of ketones is 3. The number of pyridine rings is 1. The first-order valence-electron chi connectivity index (χ1n) is 44.7. The number of cyclic esters (lactones) is 1. The number of allylic oxidation sites excluding steroid dienone is 6. The molecule has 5 aliphatic rings. The maximum atomic E-state index is 14.7. The Bertz CT molecular complexity index is 4290. The number of thiocarbonyl (C=S) groups is 1. The number of rotatable bonds is 39. The van der Waals surface area contributed by atoms with Crippen molar-refractivity contribution < 1.29 is 124 Å². The molecule has 0 radical (unpaired) electrons. The number of carbonyl (C=O) groups excluding carboxylic acids is 7. The zero-order valence-corrected chi connectivity index (χ0v) is 77.4. The van der Waals surface area contributed by atoms with Crippen molar-refractivity contribution in [2.75, 3.05) is 164 Å². The summed E-state index contributed by atoms with van der Waals surface area (Å²) in [4.78, 5) is 105. The van der Waals surface area contributed by atoms with E-state index in [1.807, 2.05) is 68.5 Å². The summed E-state index contributed by atoms with van der Waals surface area (Å²) >= 11 is 5.58. The fourth-order valence-corrected chi connectivity index (χ4v) is 17.6. The van der Waals surface area contributed by atoms with Crippen molar-refractivity contribution in [3.63, 3.8) is 0 Å². The second kappa shape index (κ2) is 54.8. The summed E-state index contributed by atoms with van der Waals surface area (Å²) in [6.07, 6.45) is 9.97. The van der Waals surface area contributed by atoms with Crippen LogP contribution >= 0.6 is 12.2 Å². The number of sulfone groups is 1. The molecule has 3 amide bonds. The Hall–Kier alpha value is -7.92. The van der Waals surface area contributed by atoms with E-state index in [1.165, 1.54) is 31.2 Å². The van der Waals surface area contributed by atoms with E-state index < -0.39 is 117 Å². The monoisotopic (exact) mass is 1830 g/mol. The Labute approximate surface area is 758 Å². The molecule has 0 spiro atoms. The lowest BCUT2D eigenvalue weighted by Gasteiger charge is -2.42. The number of aliphatic hydroxyl groups excluding tert-OH is 2. The minimum atomic E-state index is -3.79. The average Bonchev–Trinajstić information content (AvgIpc) is 0.807. The zero-order valence-electron chi connectivity index (χ0n) is 75.7. The van der Waals surface area contributed by atoms with Crippen molar-refractivity contribution in [3.8, 4) is 16.9 Å². The first kappa shape index (κ1) is 105. The third-order valence-electron chi connectivity index (χ3n) is 23.7. The summed E-state index contributed by atoms with van der Waals surface area (Å²) < 4.78 is 108. The van der Waals surface area contributed by atoms with Crippen LogP contribution < -0.4 is 26.8 Å². The van der Waals surface area contributed by atoms with Crippen molar-refractivity contribution >= 4 is 74.1 Å². The number of Topliss-reactive ketones (excluding diaryl/α,β-unsaturated/α-hetero) is 3. The number of methoxy groups -OCH3 is 2. The predicted octanol–water partition coefficient (Wildman–Crippen LogP) is 7.22. The minimum absolute atomic E-state index is 0.00767. The Balaban J connectivity index is 0.639. The fourth-order valence-electron chi connectivity index (χ4n) is 16.1. The number of benzene rings is 2. The van der Waals surface area contributed by atoms with Crippen LogP contribution in [0.25, 0.3) is 11.1 Å². The first-order chi connectivity index (χ1) is 61.4. The Morgan fingerprint density at radius 1 is 0.695 bits per heavy atom. The number of nitrogen functional groups attached to an aromatic ring is 1. The van der Waals surface area contributed by atoms with Gasteiger partial charge in [-0.05, 0) is 174 Å². The van der Waals surface area contributed by atoms with Crippen molar-refractivity contribution in [1.29, 1.82) is 0 Å². The van der Waals surface area contributed by atoms with Gasteiger partial charge in [0.15, 0.2) is 15.6 Å². The van der Waals surface area contributed by atoms with Crippen molar-refractivity contribution in [2.24, 2.45) is 35.3 Å². The van der Waals surface area contributed by atoms with Crippen LogP contribution in [0.2, 0.25) is 0 Å². The molecule has 2 bridgehead atoms. The second-order valence-electron chi connectivity index (χ2n) is 33.5. The van der Waals surface area contributed by atoms with Gasteiger partial charge in [0.05, 0.1) is 141 Å². The van der Waals surface area contributed by atoms with Gasteiger partial charge in [-0.3, -0.25) is 28.8 Å². The summed E-state index contributed by atoms with van der Waals surface area (Å²) in [7, 11) is -0.661. The number of esters is 1. The summed E-state index contributed by atoms with van der Waals surface area (Å²) in [6, 6.07) is 11.6. The molecule has 1 aliphatic carbocycles. The molecule has 3 fully saturated rings. The van der Waals surface area contributed by atoms with Crippen LogP contribution in [0.15, 0.2) is 107 Å². The molecule has 15 atom stereocenters. The average molecular weight is 1830 g/mol. The molecule has 3 aromatic rings. The van der Waals surface area contributed by atoms with Crippen LogP contribution in [0.3, 0.4) is 0 Å². The van der Waals surface area contributed by atoms with Gasteiger partial charge in [-0.2, -0.15) is 0 Å². The number of anilines is 1. The zero-order chi connectivity index (χ0) is 92.7. The fraction of sp³-hybridized carbons (Fsp3) is 0.645. The Morgan fingerprint density at radius 2 is 1.34 bits per heavy atom. The SMILES string of the molecule is CO[C@H]1C[C@@H]2CC[C@@H](C)[C@@](O)(O2)C(=O)C(=O)N2CCCC[C@H]2C(=O)O[C@H]([C@H](N)C[C@@H]2CC[C@@H](OC(=S)NCCOCCOCCOCCOCCOCCOCCOCCOCCC(=O)NCCS(=O)(=O)c3ccc(C(=O)N4CCOc5ccc(-c6ccc(N)nc6)cc5C4)c(C)c3)[C@H](OC)C2)CC(=O)[C@H](C)/C=C(\C)[C@@H](O)[C@@H](O)C(=O)[C@H](C)C[C@H](C)/C=C/C=CC=C1C. The van der Waals surface area contributed by atoms with E-state index in [4.69, 9.17) is 90.0 Å². The largest absolute Gasteiger partial charge is 0.491 e. The Morgan fingerprint density at radius 3 is 1.98 bits per heavy atom. The highest BCUT2D eigenvalue weighted by atomic mass is 32.2. The number of aliphatic hydroxyl groups is 3. The van der Waals surface area contributed by atoms with Gasteiger partial charge >= 0.3 is 5.97 Å². The minimum Gasteiger partial charge on any atom is -0.491 e. The van der Waals surface area contributed by atoms with Crippen molar-refractivity contribution in [1.82, 2.24) is 25.4 Å². The molecule has 9 N–H and O–H groups in total. The lowest BCUT2D eigenvalue weighted by molar-refractivity contribution is -0.265. The van der Waals surface area contributed by atoms with Crippen LogP contribution in [0, 0.1) is 36.5 Å². The highest BCUT2D eigenvalue weighted by Gasteiger charge is 2.53. The molecular weight excluding hydrogens is 1700 g/mol. The number of hydrogen-bond donors (Lipinski definition) is 7. The summed E-state index contributed by atoms with van der Waals surface area (Å²) in [5.74, 6) is -8.98. The third-order valence-corrected chi connectivity index (χ3v) is 25.7. The lowest BCUT2D eigenvalue weighted by atomic mass is 9.80. The molecular formula is C93H137N7O26S2. The van der Waals surface area contributed by atoms with Crippen LogP contribution in [0.4, 0.5) is 5.82 Å². The van der Waals surface area contributed by atoms with Crippen LogP contribution in [-0.2, 0) is 107 Å². The van der Waals surface area contributed by atoms with Crippen LogP contribution in [0.5, 0.6) is 5.75 Å². The van der Waals surface area contributed by atoms with Crippen LogP contribution in [0.1, 0.15) is 146 Å². The number of fused-ring (bicyclic) bond motifs is 4. The molecule has 0 unspecified atom stereocenters. The number of hydrogen-bond acceptors (Lipinski definition) is 30. The number of piperidine rings is 1. The number of ether oxygens (including phenoxy) is 14. The quantitative estimate of drug-likeness (QED) is 0.00974. The van der Waals surface area contributed by atoms with Gasteiger partial charge in [-0.1, -0.05) is 70.2 Å². The second-order valence-corrected chi connectivity index (χ2v) is 36.0. The van der Waals surface area contributed by atoms with Gasteiger partial charge in [0.1, 0.15) is 54.4 Å². The molecule has 35 heteroatoms. The predicted molar refractivity (Wildman–Crippen MR) is 480 cm³/mol. The molecule has 712 valence electrons. The van der Waals surface area contributed by atoms with Gasteiger partial charge in [0.2, 0.25) is 11.7 Å². The van der Waals surface area contributed by atoms with Gasteiger partial charge in [-0.25, -0.2) is 18.2 Å². The van der Waals surface area contributed by atoms with Gasteiger partial charge < -0.3 is 114 Å². The topological polar surface area (TPSA) is 439 Å². The summed E-state index contributed by atoms with van der Waals surface area (Å²) in [5, 5.41) is 40.5. The number of nitrogens with two attached hydrogens (primary N) is 2. The highest BCUT2D eigenvalue weighted by molar-refractivity contribution is 7.91. The molecule has 2 aromatic carbocycles. The molecule has 1 aromatic heterocycles. The maximum Gasteiger partial charge on any atom is 0.329 e. The molecule has 33 nitrogen and oxygen atoms in total. The Kier molecular flexibility index (Phi) is 45.1. The van der Waals surface area contributed by atoms with E-state index in [9.17, 15) is 57.3 Å². The smallest absolute Gasteiger partial charge is 0.329 e. The van der Waals surface area contributed by atoms with E-state index in [2.05, 4.69) is 15.6 Å². The van der Waals surface area contributed by atoms with E-state index in [-0.39, 0.29) is 103 Å². The number of amides is 3. The molecule has 1 saturated carbocycles. The molecule has 8 rings (SSSR count). The van der Waals surface area contributed by atoms with Gasteiger partial charge in [0, 0.05) is 106 Å². The van der Waals surface area contributed by atoms with Gasteiger partial charge in [-0.15, -0.1) is 0 Å². The number of carbonyl (C=O) groups is 7. The van der Waals surface area contributed by atoms with E-state index in [0.717, 1.165) is 27.2 Å². The van der Waals surface area contributed by atoms with E-state index in [1.54, 1.807) is 59.1 Å². The maximum absolute atomic E-state index is 14.7. The lowest BCUT2D eigenvalue weighted by Crippen LogP contribution is -2.61. The molecule has 5 heterocycles. The third kappa shape index (κ3) is 33.7. The molecule has 4 aliphatic heterocycles. The van der Waals surface area contributed by atoms with E-state index >= 15 is 0 Å². The number of nitrogens with one attached hydrogen (secondary N) is 2. The number of aryl methyl sites for hydroxylation is 1. The first-order valence-corrected chi connectivity index (χ1v) is 46.8. The van der Waals surface area contributed by atoms with Crippen molar-refractivity contribution in [3.05, 3.63) is 119 Å². The van der Waals surface area contributed by atoms with E-state index in [0.29, 0.717) is 193 Å². The standard InChI is InChI=1S/C93H137N7O26S2/c1-61-15-11-10-12-16-62(2)80(113-8)57-72-22-18-67(7)93(110,126-72)88(106)90(108)100-31-14-13-17-76(100)91(109)124-81(58-77(101)64(4)52-66(6)86(104)87(105)85(103)65(5)51-61)75(94)54-68-19-25-79(82(55-68)114-9)125-92(127)97-29-34-116-37-39-118-41-43-120-45-47-122-49-48-121-46-44-119-42-40-117-38-36-115-33-28-84(102)96-30-50-128(111,112)73-23-24-74(63(3)53-73)89(107)99-32-35-123-78-26-20-69(56-71(78)60-99)70-21-27-83(95)98-59-70/h10-12,15-16,20-21,23-24,26-27,52-53,56,59,61,64-65,67-68,72,75-76,79-82,86-87,104-105,110H,13-14,17-19,22,25,28-51,54-55,57-58,60,94H2,1-9H3,(H2,95,98)(H,96,102)(H,97,127)/b12-10?,15-11+,62-16?,66-52+/t61-,64-,65-,67-,68+,72+,75-,76+,79-,80+,81+,82-,86-,87+,93-/m1/s1. The highest BCUT2D eigenvalue weighted by Crippen LogP contribution is 2.39. The molecule has 128 heavy (non-hydrogen) atoms. The molecule has 2 saturated heterocycles. The van der Waals surface area contributed by atoms with Crippen molar-refractivity contribution in [2.45, 2.75) is 204 Å². The summed E-state index contributed by atoms with van der Waals surface area (Å²) in [5.41, 5.74) is 17.3. The summed E-state index contributed by atoms with van der Waals surface area (Å²) in [6.45, 7) is 18.6. The van der Waals surface area contributed by atoms with Crippen LogP contribution in [-0.4, -0.2) is 304 Å². The number of aromatic nitrogens is 1. The number of nitrogens with zero attached hydrogens (tertiary/aromatic N) is 3. The van der Waals surface area contributed by atoms with Gasteiger partial charge in [0.25, 0.3) is 22.8 Å². The normalized spacial score (nSPS) is 26.2.